The third-order valence-electron chi connectivity index (χ3n) is 5.71. The van der Waals surface area contributed by atoms with Gasteiger partial charge in [-0.15, -0.1) is 11.3 Å². The average molecular weight is 455 g/mol. The number of hydrogen-bond acceptors (Lipinski definition) is 4. The van der Waals surface area contributed by atoms with Crippen molar-refractivity contribution >= 4 is 27.3 Å². The number of nitrogens with zero attached hydrogens (tertiary/aromatic N) is 1. The van der Waals surface area contributed by atoms with Gasteiger partial charge in [-0.2, -0.15) is 0 Å². The van der Waals surface area contributed by atoms with E-state index in [1.165, 1.54) is 11.3 Å². The molecule has 1 saturated heterocycles. The van der Waals surface area contributed by atoms with Crippen molar-refractivity contribution in [1.82, 2.24) is 9.62 Å². The predicted molar refractivity (Wildman–Crippen MR) is 124 cm³/mol. The smallest absolute Gasteiger partial charge is 0.250 e. The van der Waals surface area contributed by atoms with Gasteiger partial charge >= 0.3 is 0 Å². The summed E-state index contributed by atoms with van der Waals surface area (Å²) in [6, 6.07) is 23.4. The van der Waals surface area contributed by atoms with Crippen LogP contribution in [0.4, 0.5) is 0 Å². The lowest BCUT2D eigenvalue weighted by Crippen LogP contribution is -2.46. The zero-order valence-electron chi connectivity index (χ0n) is 17.2. The molecule has 2 aromatic carbocycles. The minimum absolute atomic E-state index is 0.00459. The maximum absolute atomic E-state index is 13.1. The Bertz CT molecular complexity index is 1040. The minimum atomic E-state index is -3.48. The van der Waals surface area contributed by atoms with Gasteiger partial charge in [-0.3, -0.25) is 4.79 Å². The summed E-state index contributed by atoms with van der Waals surface area (Å²) in [6.07, 6.45) is 1.65. The zero-order chi connectivity index (χ0) is 21.7. The summed E-state index contributed by atoms with van der Waals surface area (Å²) >= 11 is 1.21. The maximum Gasteiger partial charge on any atom is 0.250 e. The number of likely N-dealkylation sites (tertiary alicyclic amines) is 1. The summed E-state index contributed by atoms with van der Waals surface area (Å²) in [7, 11) is -3.48. The number of hydrogen-bond donors (Lipinski definition) is 1. The van der Waals surface area contributed by atoms with Gasteiger partial charge in [0, 0.05) is 31.5 Å². The Kier molecular flexibility index (Phi) is 6.85. The van der Waals surface area contributed by atoms with Crippen molar-refractivity contribution in [2.75, 3.05) is 13.1 Å². The van der Waals surface area contributed by atoms with Crippen molar-refractivity contribution in [3.8, 4) is 0 Å². The summed E-state index contributed by atoms with van der Waals surface area (Å²) < 4.78 is 28.0. The van der Waals surface area contributed by atoms with Crippen molar-refractivity contribution in [2.45, 2.75) is 35.4 Å². The molecule has 1 fully saturated rings. The van der Waals surface area contributed by atoms with Gasteiger partial charge in [-0.05, 0) is 35.4 Å². The van der Waals surface area contributed by atoms with Crippen LogP contribution in [0.1, 0.15) is 36.3 Å². The molecule has 1 aromatic heterocycles. The Morgan fingerprint density at radius 1 is 0.935 bits per heavy atom. The van der Waals surface area contributed by atoms with E-state index in [2.05, 4.69) is 29.0 Å². The van der Waals surface area contributed by atoms with Crippen molar-refractivity contribution < 1.29 is 13.2 Å². The second kappa shape index (κ2) is 9.77. The maximum atomic E-state index is 13.1. The highest BCUT2D eigenvalue weighted by atomic mass is 32.2. The first-order valence-electron chi connectivity index (χ1n) is 10.5. The molecule has 4 rings (SSSR count). The molecule has 1 aliphatic rings. The normalized spacial score (nSPS) is 15.3. The number of carbonyl (C=O) groups is 1. The van der Waals surface area contributed by atoms with Crippen LogP contribution in [0.2, 0.25) is 0 Å². The number of benzene rings is 2. The number of piperidine rings is 1. The van der Waals surface area contributed by atoms with E-state index >= 15 is 0 Å². The Balaban J connectivity index is 1.39. The van der Waals surface area contributed by atoms with Crippen LogP contribution in [0, 0.1) is 0 Å². The second-order valence-corrected chi connectivity index (χ2v) is 10.7. The first kappa shape index (κ1) is 21.7. The summed E-state index contributed by atoms with van der Waals surface area (Å²) in [4.78, 5) is 15.0. The van der Waals surface area contributed by atoms with E-state index in [-0.39, 0.29) is 17.9 Å². The largest absolute Gasteiger partial charge is 0.343 e. The van der Waals surface area contributed by atoms with Gasteiger partial charge in [0.1, 0.15) is 4.21 Å². The van der Waals surface area contributed by atoms with Crippen molar-refractivity contribution in [3.05, 3.63) is 89.3 Å². The van der Waals surface area contributed by atoms with E-state index in [1.807, 2.05) is 41.3 Å². The third-order valence-corrected chi connectivity index (χ3v) is 8.63. The Hall–Kier alpha value is -2.48. The van der Waals surface area contributed by atoms with Crippen LogP contribution >= 0.6 is 11.3 Å². The second-order valence-electron chi connectivity index (χ2n) is 7.79. The molecule has 0 aliphatic carbocycles. The Morgan fingerprint density at radius 2 is 1.52 bits per heavy atom. The zero-order valence-corrected chi connectivity index (χ0v) is 18.8. The van der Waals surface area contributed by atoms with Crippen LogP contribution in [0.15, 0.2) is 82.4 Å². The molecular weight excluding hydrogens is 428 g/mol. The number of thiophene rings is 1. The standard InChI is InChI=1S/C24H26N2O3S2/c27-23(18-22(19-8-3-1-4-9-19)20-10-5-2-6-11-20)26-15-13-21(14-16-26)25-31(28,29)24-12-7-17-30-24/h1-12,17,21-22,25H,13-16,18H2. The lowest BCUT2D eigenvalue weighted by atomic mass is 9.88. The molecule has 1 amide bonds. The predicted octanol–water partition coefficient (Wildman–Crippen LogP) is 4.24. The van der Waals surface area contributed by atoms with Gasteiger partial charge in [0.05, 0.1) is 0 Å². The highest BCUT2D eigenvalue weighted by molar-refractivity contribution is 7.91. The first-order chi connectivity index (χ1) is 15.0. The molecule has 2 heterocycles. The van der Waals surface area contributed by atoms with E-state index < -0.39 is 10.0 Å². The van der Waals surface area contributed by atoms with Crippen LogP contribution in [-0.4, -0.2) is 38.4 Å². The minimum Gasteiger partial charge on any atom is -0.343 e. The van der Waals surface area contributed by atoms with Crippen molar-refractivity contribution in [3.63, 3.8) is 0 Å². The van der Waals surface area contributed by atoms with Crippen molar-refractivity contribution in [2.24, 2.45) is 0 Å². The number of amides is 1. The Labute approximate surface area is 187 Å². The number of nitrogens with one attached hydrogen (secondary N) is 1. The number of sulfonamides is 1. The van der Waals surface area contributed by atoms with Gasteiger partial charge in [0.2, 0.25) is 15.9 Å². The van der Waals surface area contributed by atoms with Crippen LogP contribution in [0.5, 0.6) is 0 Å². The fourth-order valence-electron chi connectivity index (χ4n) is 4.04. The third kappa shape index (κ3) is 5.42. The first-order valence-corrected chi connectivity index (χ1v) is 12.8. The molecule has 3 aromatic rings. The van der Waals surface area contributed by atoms with Gasteiger partial charge in [-0.1, -0.05) is 66.7 Å². The topological polar surface area (TPSA) is 66.5 Å². The monoisotopic (exact) mass is 454 g/mol. The van der Waals surface area contributed by atoms with Crippen LogP contribution in [-0.2, 0) is 14.8 Å². The molecular formula is C24H26N2O3S2. The van der Waals surface area contributed by atoms with Gasteiger partial charge in [-0.25, -0.2) is 13.1 Å². The highest BCUT2D eigenvalue weighted by Crippen LogP contribution is 2.29. The van der Waals surface area contributed by atoms with Crippen molar-refractivity contribution in [1.29, 1.82) is 0 Å². The molecule has 0 spiro atoms. The molecule has 162 valence electrons. The number of carbonyl (C=O) groups excluding carboxylic acids is 1. The van der Waals surface area contributed by atoms with Crippen LogP contribution < -0.4 is 4.72 Å². The molecule has 0 atom stereocenters. The SMILES string of the molecule is O=C(CC(c1ccccc1)c1ccccc1)N1CCC(NS(=O)(=O)c2cccs2)CC1. The molecule has 5 nitrogen and oxygen atoms in total. The van der Waals surface area contributed by atoms with Crippen LogP contribution in [0.25, 0.3) is 0 Å². The van der Waals surface area contributed by atoms with Gasteiger partial charge in [0.15, 0.2) is 0 Å². The Morgan fingerprint density at radius 3 is 2.03 bits per heavy atom. The van der Waals surface area contributed by atoms with E-state index in [0.29, 0.717) is 36.6 Å². The molecule has 31 heavy (non-hydrogen) atoms. The van der Waals surface area contributed by atoms with Gasteiger partial charge in [0.25, 0.3) is 0 Å². The summed E-state index contributed by atoms with van der Waals surface area (Å²) in [5.74, 6) is 0.113. The fourth-order valence-corrected chi connectivity index (χ4v) is 6.36. The molecule has 0 unspecified atom stereocenters. The van der Waals surface area contributed by atoms with Gasteiger partial charge < -0.3 is 4.90 Å². The van der Waals surface area contributed by atoms with E-state index in [4.69, 9.17) is 0 Å². The molecule has 0 radical (unpaired) electrons. The molecule has 1 aliphatic heterocycles. The fraction of sp³-hybridized carbons (Fsp3) is 0.292. The molecule has 1 N–H and O–H groups in total. The molecule has 0 saturated carbocycles. The summed E-state index contributed by atoms with van der Waals surface area (Å²) in [5.41, 5.74) is 2.25. The van der Waals surface area contributed by atoms with E-state index in [9.17, 15) is 13.2 Å². The lowest BCUT2D eigenvalue weighted by Gasteiger charge is -2.33. The quantitative estimate of drug-likeness (QED) is 0.581. The molecule has 7 heteroatoms. The average Bonchev–Trinajstić information content (AvgIpc) is 3.35. The lowest BCUT2D eigenvalue weighted by molar-refractivity contribution is -0.132. The summed E-state index contributed by atoms with van der Waals surface area (Å²) in [5, 5.41) is 1.76. The van der Waals surface area contributed by atoms with E-state index in [1.54, 1.807) is 17.5 Å². The summed E-state index contributed by atoms with van der Waals surface area (Å²) in [6.45, 7) is 1.12. The highest BCUT2D eigenvalue weighted by Gasteiger charge is 2.28. The van der Waals surface area contributed by atoms with Crippen LogP contribution in [0.3, 0.4) is 0 Å². The van der Waals surface area contributed by atoms with E-state index in [0.717, 1.165) is 11.1 Å². The molecule has 0 bridgehead atoms. The number of rotatable bonds is 7.